The predicted molar refractivity (Wildman–Crippen MR) is 142 cm³/mol. The molecule has 32 heavy (non-hydrogen) atoms. The molecule has 1 amide bonds. The second-order valence-electron chi connectivity index (χ2n) is 10.5. The van der Waals surface area contributed by atoms with Gasteiger partial charge in [0.15, 0.2) is 5.96 Å². The highest BCUT2D eigenvalue weighted by molar-refractivity contribution is 14.0. The van der Waals surface area contributed by atoms with Gasteiger partial charge >= 0.3 is 0 Å². The number of aliphatic imine (C=N–C) groups is 1. The first kappa shape index (κ1) is 26.0. The van der Waals surface area contributed by atoms with Crippen molar-refractivity contribution < 1.29 is 4.79 Å². The molecule has 0 aromatic carbocycles. The van der Waals surface area contributed by atoms with Crippen LogP contribution in [0.25, 0.3) is 0 Å². The molecule has 4 aliphatic rings. The number of carbonyl (C=O) groups is 1. The molecular formula is C24H45IN6O. The number of likely N-dealkylation sites (tertiary alicyclic amines) is 2. The minimum absolute atomic E-state index is 0. The van der Waals surface area contributed by atoms with E-state index in [0.29, 0.717) is 12.1 Å². The second-order valence-corrected chi connectivity index (χ2v) is 10.5. The fraction of sp³-hybridized carbons (Fsp3) is 0.917. The smallest absolute Gasteiger partial charge is 0.223 e. The number of amides is 1. The Morgan fingerprint density at radius 1 is 0.938 bits per heavy atom. The molecule has 4 rings (SSSR count). The summed E-state index contributed by atoms with van der Waals surface area (Å²) in [6, 6.07) is 0.786. The van der Waals surface area contributed by atoms with E-state index in [1.807, 2.05) is 7.05 Å². The monoisotopic (exact) mass is 560 g/mol. The Morgan fingerprint density at radius 2 is 1.66 bits per heavy atom. The zero-order chi connectivity index (χ0) is 21.7. The van der Waals surface area contributed by atoms with Crippen molar-refractivity contribution in [1.82, 2.24) is 25.8 Å². The van der Waals surface area contributed by atoms with Crippen molar-refractivity contribution in [2.75, 3.05) is 46.8 Å². The maximum absolute atomic E-state index is 12.5. The van der Waals surface area contributed by atoms with E-state index in [4.69, 9.17) is 0 Å². The van der Waals surface area contributed by atoms with Gasteiger partial charge in [-0.3, -0.25) is 14.7 Å². The highest BCUT2D eigenvalue weighted by Gasteiger charge is 2.40. The number of guanidine groups is 1. The summed E-state index contributed by atoms with van der Waals surface area (Å²) in [7, 11) is 4.12. The fourth-order valence-corrected chi connectivity index (χ4v) is 5.75. The Labute approximate surface area is 211 Å². The topological polar surface area (TPSA) is 72.0 Å². The average Bonchev–Trinajstić information content (AvgIpc) is 3.63. The van der Waals surface area contributed by atoms with E-state index in [2.05, 4.69) is 37.8 Å². The highest BCUT2D eigenvalue weighted by Crippen LogP contribution is 2.31. The van der Waals surface area contributed by atoms with Gasteiger partial charge in [0.1, 0.15) is 0 Å². The number of rotatable bonds is 6. The number of piperidine rings is 2. The minimum Gasteiger partial charge on any atom is -0.355 e. The van der Waals surface area contributed by atoms with Crippen molar-refractivity contribution in [3.05, 3.63) is 0 Å². The van der Waals surface area contributed by atoms with Gasteiger partial charge in [-0.15, -0.1) is 24.0 Å². The number of hydrogen-bond acceptors (Lipinski definition) is 4. The largest absolute Gasteiger partial charge is 0.355 e. The third-order valence-electron chi connectivity index (χ3n) is 8.06. The predicted octanol–water partition coefficient (Wildman–Crippen LogP) is 2.56. The molecule has 0 aromatic rings. The lowest BCUT2D eigenvalue weighted by Gasteiger charge is -2.50. The maximum atomic E-state index is 12.5. The lowest BCUT2D eigenvalue weighted by Crippen LogP contribution is -2.62. The molecule has 2 heterocycles. The standard InChI is InChI=1S/C24H44N6O.HI/c1-25-23(28-21-8-6-7-19(17-21)22(31)27-20-9-10-20)26-18-24(11-15-29(2)16-12-24)30-13-4-3-5-14-30;/h19-21H,3-18H2,1-2H3,(H,27,31)(H2,25,26,28);1H. The SMILES string of the molecule is CN=C(NCC1(N2CCCCC2)CCN(C)CC1)NC1CCCC(C(=O)NC2CC2)C1.I. The molecule has 0 bridgehead atoms. The summed E-state index contributed by atoms with van der Waals surface area (Å²) in [5, 5.41) is 10.6. The molecular weight excluding hydrogens is 515 g/mol. The quantitative estimate of drug-likeness (QED) is 0.265. The van der Waals surface area contributed by atoms with E-state index in [1.165, 1.54) is 58.3 Å². The molecule has 4 fully saturated rings. The molecule has 2 saturated heterocycles. The van der Waals surface area contributed by atoms with E-state index >= 15 is 0 Å². The van der Waals surface area contributed by atoms with Crippen LogP contribution >= 0.6 is 24.0 Å². The summed E-state index contributed by atoms with van der Waals surface area (Å²) >= 11 is 0. The van der Waals surface area contributed by atoms with Crippen molar-refractivity contribution in [3.8, 4) is 0 Å². The van der Waals surface area contributed by atoms with Gasteiger partial charge in [0, 0.05) is 37.1 Å². The zero-order valence-corrected chi connectivity index (χ0v) is 22.5. The van der Waals surface area contributed by atoms with E-state index in [0.717, 1.165) is 51.0 Å². The summed E-state index contributed by atoms with van der Waals surface area (Å²) in [4.78, 5) is 22.3. The number of nitrogens with one attached hydrogen (secondary N) is 3. The van der Waals surface area contributed by atoms with Crippen LogP contribution < -0.4 is 16.0 Å². The van der Waals surface area contributed by atoms with Crippen LogP contribution in [0.15, 0.2) is 4.99 Å². The van der Waals surface area contributed by atoms with Crippen LogP contribution in [0, 0.1) is 5.92 Å². The highest BCUT2D eigenvalue weighted by atomic mass is 127. The molecule has 2 aliphatic carbocycles. The second kappa shape index (κ2) is 12.2. The Balaban J connectivity index is 0.00000289. The molecule has 8 heteroatoms. The van der Waals surface area contributed by atoms with Gasteiger partial charge in [0.05, 0.1) is 0 Å². The maximum Gasteiger partial charge on any atom is 0.223 e. The summed E-state index contributed by atoms with van der Waals surface area (Å²) in [5.41, 5.74) is 0.240. The van der Waals surface area contributed by atoms with Gasteiger partial charge in [0.25, 0.3) is 0 Å². The molecule has 2 unspecified atom stereocenters. The van der Waals surface area contributed by atoms with Crippen LogP contribution in [0.5, 0.6) is 0 Å². The van der Waals surface area contributed by atoms with Crippen LogP contribution in [0.4, 0.5) is 0 Å². The molecule has 0 spiro atoms. The molecule has 0 aromatic heterocycles. The first-order valence-corrected chi connectivity index (χ1v) is 12.8. The Hall–Kier alpha value is -0.610. The summed E-state index contributed by atoms with van der Waals surface area (Å²) in [6.45, 7) is 5.77. The van der Waals surface area contributed by atoms with Crippen LogP contribution in [0.3, 0.4) is 0 Å². The Bertz CT molecular complexity index is 626. The van der Waals surface area contributed by atoms with Gasteiger partial charge in [-0.25, -0.2) is 0 Å². The third kappa shape index (κ3) is 6.95. The Kier molecular flexibility index (Phi) is 9.91. The summed E-state index contributed by atoms with van der Waals surface area (Å²) < 4.78 is 0. The van der Waals surface area contributed by atoms with Crippen LogP contribution in [0.2, 0.25) is 0 Å². The molecule has 2 aliphatic heterocycles. The molecule has 184 valence electrons. The van der Waals surface area contributed by atoms with Crippen LogP contribution in [0.1, 0.15) is 70.6 Å². The lowest BCUT2D eigenvalue weighted by atomic mass is 9.84. The van der Waals surface area contributed by atoms with Crippen molar-refractivity contribution >= 4 is 35.8 Å². The van der Waals surface area contributed by atoms with Crippen LogP contribution in [-0.2, 0) is 4.79 Å². The number of hydrogen-bond donors (Lipinski definition) is 3. The van der Waals surface area contributed by atoms with Gasteiger partial charge in [-0.2, -0.15) is 0 Å². The van der Waals surface area contributed by atoms with E-state index in [9.17, 15) is 4.79 Å². The summed E-state index contributed by atoms with van der Waals surface area (Å²) in [5.74, 6) is 1.33. The first-order valence-electron chi connectivity index (χ1n) is 12.8. The van der Waals surface area contributed by atoms with Crippen molar-refractivity contribution in [2.24, 2.45) is 10.9 Å². The summed E-state index contributed by atoms with van der Waals surface area (Å²) in [6.07, 6.45) is 13.0. The van der Waals surface area contributed by atoms with E-state index in [-0.39, 0.29) is 41.3 Å². The fourth-order valence-electron chi connectivity index (χ4n) is 5.75. The zero-order valence-electron chi connectivity index (χ0n) is 20.2. The molecule has 2 saturated carbocycles. The molecule has 0 radical (unpaired) electrons. The lowest BCUT2D eigenvalue weighted by molar-refractivity contribution is -0.126. The molecule has 2 atom stereocenters. The van der Waals surface area contributed by atoms with E-state index < -0.39 is 0 Å². The number of nitrogens with zero attached hydrogens (tertiary/aromatic N) is 3. The van der Waals surface area contributed by atoms with Gasteiger partial charge in [0.2, 0.25) is 5.91 Å². The average molecular weight is 561 g/mol. The van der Waals surface area contributed by atoms with Gasteiger partial charge in [-0.05, 0) is 91.0 Å². The van der Waals surface area contributed by atoms with Gasteiger partial charge < -0.3 is 20.9 Å². The normalized spacial score (nSPS) is 29.6. The van der Waals surface area contributed by atoms with E-state index in [1.54, 1.807) is 0 Å². The first-order chi connectivity index (χ1) is 15.1. The van der Waals surface area contributed by atoms with Gasteiger partial charge in [-0.1, -0.05) is 12.8 Å². The van der Waals surface area contributed by atoms with Crippen molar-refractivity contribution in [3.63, 3.8) is 0 Å². The third-order valence-corrected chi connectivity index (χ3v) is 8.06. The number of halogens is 1. The molecule has 3 N–H and O–H groups in total. The number of carbonyl (C=O) groups excluding carboxylic acids is 1. The van der Waals surface area contributed by atoms with Crippen molar-refractivity contribution in [1.29, 1.82) is 0 Å². The minimum atomic E-state index is 0. The molecule has 7 nitrogen and oxygen atoms in total. The Morgan fingerprint density at radius 3 is 2.31 bits per heavy atom. The van der Waals surface area contributed by atoms with Crippen LogP contribution in [-0.4, -0.2) is 86.1 Å². The van der Waals surface area contributed by atoms with Crippen molar-refractivity contribution in [2.45, 2.75) is 88.3 Å².